The summed E-state index contributed by atoms with van der Waals surface area (Å²) in [6, 6.07) is 4.74. The van der Waals surface area contributed by atoms with Crippen molar-refractivity contribution in [2.45, 2.75) is 32.1 Å². The van der Waals surface area contributed by atoms with E-state index in [1.54, 1.807) is 32.9 Å². The van der Waals surface area contributed by atoms with Gasteiger partial charge in [-0.3, -0.25) is 0 Å². The number of rotatable bonds is 5. The smallest absolute Gasteiger partial charge is 0.245 e. The molecule has 0 bridgehead atoms. The molecule has 0 saturated carbocycles. The Kier molecular flexibility index (Phi) is 4.43. The van der Waals surface area contributed by atoms with Crippen molar-refractivity contribution in [1.29, 1.82) is 0 Å². The molecular weight excluding hydrogens is 295 g/mol. The van der Waals surface area contributed by atoms with Crippen molar-refractivity contribution in [3.8, 4) is 0 Å². The second kappa shape index (κ2) is 5.95. The molecule has 0 unspecified atom stereocenters. The third-order valence-electron chi connectivity index (χ3n) is 3.16. The molecule has 1 N–H and O–H groups in total. The van der Waals surface area contributed by atoms with Gasteiger partial charge in [-0.25, -0.2) is 17.5 Å². The van der Waals surface area contributed by atoms with Gasteiger partial charge >= 0.3 is 0 Å². The zero-order chi connectivity index (χ0) is 15.6. The van der Waals surface area contributed by atoms with E-state index in [2.05, 4.69) is 9.88 Å². The van der Waals surface area contributed by atoms with Crippen LogP contribution in [-0.4, -0.2) is 20.1 Å². The SMILES string of the molecule is Cc1cc(CCNS(=O)(=O)c2c(C)noc2C)ccc1F. The highest BCUT2D eigenvalue weighted by Gasteiger charge is 2.23. The number of benzene rings is 1. The number of nitrogens with zero attached hydrogens (tertiary/aromatic N) is 1. The minimum atomic E-state index is -3.65. The fourth-order valence-electron chi connectivity index (χ4n) is 2.12. The van der Waals surface area contributed by atoms with Gasteiger partial charge in [-0.15, -0.1) is 0 Å². The molecule has 0 amide bonds. The molecular formula is C14H17FN2O3S. The van der Waals surface area contributed by atoms with Gasteiger partial charge in [0.05, 0.1) is 0 Å². The van der Waals surface area contributed by atoms with E-state index in [1.807, 2.05) is 0 Å². The minimum absolute atomic E-state index is 0.0813. The van der Waals surface area contributed by atoms with Gasteiger partial charge in [-0.05, 0) is 44.4 Å². The average Bonchev–Trinajstić information content (AvgIpc) is 2.74. The highest BCUT2D eigenvalue weighted by atomic mass is 32.2. The van der Waals surface area contributed by atoms with Crippen LogP contribution in [0.5, 0.6) is 0 Å². The van der Waals surface area contributed by atoms with Crippen LogP contribution in [0.4, 0.5) is 4.39 Å². The monoisotopic (exact) mass is 312 g/mol. The van der Waals surface area contributed by atoms with Gasteiger partial charge in [0.15, 0.2) is 5.76 Å². The summed E-state index contributed by atoms with van der Waals surface area (Å²) in [7, 11) is -3.65. The summed E-state index contributed by atoms with van der Waals surface area (Å²) in [6.07, 6.45) is 0.476. The minimum Gasteiger partial charge on any atom is -0.360 e. The molecule has 0 aliphatic rings. The molecule has 2 rings (SSSR count). The lowest BCUT2D eigenvalue weighted by molar-refractivity contribution is 0.390. The Morgan fingerprint density at radius 1 is 1.29 bits per heavy atom. The predicted octanol–water partition coefficient (Wildman–Crippen LogP) is 2.26. The molecule has 1 aromatic carbocycles. The van der Waals surface area contributed by atoms with Crippen LogP contribution in [0.3, 0.4) is 0 Å². The van der Waals surface area contributed by atoms with Crippen LogP contribution in [0.15, 0.2) is 27.6 Å². The fourth-order valence-corrected chi connectivity index (χ4v) is 3.48. The number of hydrogen-bond acceptors (Lipinski definition) is 4. The van der Waals surface area contributed by atoms with Gasteiger partial charge in [0.1, 0.15) is 16.4 Å². The summed E-state index contributed by atoms with van der Waals surface area (Å²) in [4.78, 5) is 0.0813. The van der Waals surface area contributed by atoms with Gasteiger partial charge in [-0.1, -0.05) is 17.3 Å². The predicted molar refractivity (Wildman–Crippen MR) is 76.0 cm³/mol. The highest BCUT2D eigenvalue weighted by molar-refractivity contribution is 7.89. The summed E-state index contributed by atoms with van der Waals surface area (Å²) in [5.41, 5.74) is 1.74. The Hall–Kier alpha value is -1.73. The number of sulfonamides is 1. The van der Waals surface area contributed by atoms with E-state index >= 15 is 0 Å². The lowest BCUT2D eigenvalue weighted by atomic mass is 10.1. The van der Waals surface area contributed by atoms with E-state index in [4.69, 9.17) is 4.52 Å². The van der Waals surface area contributed by atoms with Crippen LogP contribution >= 0.6 is 0 Å². The number of halogens is 1. The number of aromatic nitrogens is 1. The van der Waals surface area contributed by atoms with Crippen LogP contribution in [0.2, 0.25) is 0 Å². The van der Waals surface area contributed by atoms with Crippen molar-refractivity contribution in [3.63, 3.8) is 0 Å². The van der Waals surface area contributed by atoms with E-state index in [0.29, 0.717) is 17.7 Å². The standard InChI is InChI=1S/C14H17FN2O3S/c1-9-8-12(4-5-13(9)15)6-7-16-21(18,19)14-10(2)17-20-11(14)3/h4-5,8,16H,6-7H2,1-3H3. The van der Waals surface area contributed by atoms with Crippen molar-refractivity contribution in [2.24, 2.45) is 0 Å². The molecule has 21 heavy (non-hydrogen) atoms. The lowest BCUT2D eigenvalue weighted by Gasteiger charge is -2.07. The van der Waals surface area contributed by atoms with Crippen LogP contribution in [-0.2, 0) is 16.4 Å². The summed E-state index contributed by atoms with van der Waals surface area (Å²) in [5, 5.41) is 3.63. The van der Waals surface area contributed by atoms with Crippen LogP contribution in [0.25, 0.3) is 0 Å². The zero-order valence-corrected chi connectivity index (χ0v) is 12.9. The molecule has 0 fully saturated rings. The van der Waals surface area contributed by atoms with Crippen molar-refractivity contribution in [1.82, 2.24) is 9.88 Å². The zero-order valence-electron chi connectivity index (χ0n) is 12.1. The molecule has 114 valence electrons. The summed E-state index contributed by atoms with van der Waals surface area (Å²) >= 11 is 0. The Bertz CT molecular complexity index is 734. The molecule has 5 nitrogen and oxygen atoms in total. The van der Waals surface area contributed by atoms with Crippen molar-refractivity contribution in [3.05, 3.63) is 46.6 Å². The molecule has 0 spiro atoms. The van der Waals surface area contributed by atoms with Crippen LogP contribution < -0.4 is 4.72 Å². The normalized spacial score (nSPS) is 11.8. The molecule has 1 aromatic heterocycles. The van der Waals surface area contributed by atoms with Crippen molar-refractivity contribution < 1.29 is 17.3 Å². The van der Waals surface area contributed by atoms with E-state index < -0.39 is 10.0 Å². The molecule has 0 aliphatic carbocycles. The van der Waals surface area contributed by atoms with Crippen molar-refractivity contribution >= 4 is 10.0 Å². The highest BCUT2D eigenvalue weighted by Crippen LogP contribution is 2.18. The Labute approximate surface area is 123 Å². The first kappa shape index (κ1) is 15.7. The molecule has 7 heteroatoms. The first-order valence-corrected chi connectivity index (χ1v) is 7.97. The van der Waals surface area contributed by atoms with E-state index in [1.165, 1.54) is 6.07 Å². The number of nitrogens with one attached hydrogen (secondary N) is 1. The average molecular weight is 312 g/mol. The van der Waals surface area contributed by atoms with Gasteiger partial charge in [-0.2, -0.15) is 0 Å². The second-order valence-corrected chi connectivity index (χ2v) is 6.59. The molecule has 1 heterocycles. The van der Waals surface area contributed by atoms with E-state index in [9.17, 15) is 12.8 Å². The Morgan fingerprint density at radius 2 is 2.00 bits per heavy atom. The molecule has 2 aromatic rings. The Morgan fingerprint density at radius 3 is 2.57 bits per heavy atom. The molecule has 0 atom stereocenters. The van der Waals surface area contributed by atoms with Gasteiger partial charge in [0.2, 0.25) is 10.0 Å². The number of hydrogen-bond donors (Lipinski definition) is 1. The fraction of sp³-hybridized carbons (Fsp3) is 0.357. The van der Waals surface area contributed by atoms with E-state index in [-0.39, 0.29) is 23.0 Å². The van der Waals surface area contributed by atoms with Crippen LogP contribution in [0.1, 0.15) is 22.6 Å². The maximum absolute atomic E-state index is 13.2. The molecule has 0 saturated heterocycles. The molecule has 0 aliphatic heterocycles. The third-order valence-corrected chi connectivity index (χ3v) is 4.87. The Balaban J connectivity index is 2.04. The summed E-state index contributed by atoms with van der Waals surface area (Å²) in [5.74, 6) is -0.00678. The third kappa shape index (κ3) is 3.48. The van der Waals surface area contributed by atoms with Gasteiger partial charge < -0.3 is 4.52 Å². The first-order valence-electron chi connectivity index (χ1n) is 6.49. The second-order valence-electron chi connectivity index (χ2n) is 4.88. The van der Waals surface area contributed by atoms with Crippen LogP contribution in [0, 0.1) is 26.6 Å². The maximum Gasteiger partial charge on any atom is 0.245 e. The summed E-state index contributed by atoms with van der Waals surface area (Å²) < 4.78 is 44.9. The first-order chi connectivity index (χ1) is 9.81. The van der Waals surface area contributed by atoms with Gasteiger partial charge in [0.25, 0.3) is 0 Å². The van der Waals surface area contributed by atoms with Gasteiger partial charge in [0, 0.05) is 6.54 Å². The van der Waals surface area contributed by atoms with Crippen molar-refractivity contribution in [2.75, 3.05) is 6.54 Å². The van der Waals surface area contributed by atoms with E-state index in [0.717, 1.165) is 5.56 Å². The number of aryl methyl sites for hydroxylation is 3. The summed E-state index contributed by atoms with van der Waals surface area (Å²) in [6.45, 7) is 5.02. The maximum atomic E-state index is 13.2. The quantitative estimate of drug-likeness (QED) is 0.919. The largest absolute Gasteiger partial charge is 0.360 e. The lowest BCUT2D eigenvalue weighted by Crippen LogP contribution is -2.26. The topological polar surface area (TPSA) is 72.2 Å². The molecule has 0 radical (unpaired) electrons.